The van der Waals surface area contributed by atoms with E-state index in [1.807, 2.05) is 18.2 Å². The Morgan fingerprint density at radius 1 is 1.43 bits per heavy atom. The molecule has 0 spiro atoms. The van der Waals surface area contributed by atoms with Gasteiger partial charge in [-0.25, -0.2) is 10.8 Å². The van der Waals surface area contributed by atoms with Crippen LogP contribution in [0.3, 0.4) is 0 Å². The van der Waals surface area contributed by atoms with Crippen LogP contribution >= 0.6 is 0 Å². The quantitative estimate of drug-likeness (QED) is 0.666. The summed E-state index contributed by atoms with van der Waals surface area (Å²) in [6.07, 6.45) is 1.09. The molecule has 5 heteroatoms. The fourth-order valence-corrected chi connectivity index (χ4v) is 2.90. The van der Waals surface area contributed by atoms with E-state index in [-0.39, 0.29) is 0 Å². The lowest BCUT2D eigenvalue weighted by atomic mass is 10.1. The number of nitrogens with two attached hydrogens (primary N) is 1. The van der Waals surface area contributed by atoms with Crippen LogP contribution in [0, 0.1) is 0 Å². The molecule has 1 unspecified atom stereocenters. The Morgan fingerprint density at radius 3 is 3.10 bits per heavy atom. The molecule has 3 N–H and O–H groups in total. The third kappa shape index (κ3) is 3.00. The highest BCUT2D eigenvalue weighted by Gasteiger charge is 2.22. The summed E-state index contributed by atoms with van der Waals surface area (Å²) in [5.74, 6) is 6.42. The van der Waals surface area contributed by atoms with Gasteiger partial charge >= 0.3 is 0 Å². The Morgan fingerprint density at radius 2 is 2.29 bits per heavy atom. The monoisotopic (exact) mass is 286 g/mol. The number of pyridine rings is 1. The van der Waals surface area contributed by atoms with Crippen molar-refractivity contribution in [2.75, 3.05) is 25.2 Å². The van der Waals surface area contributed by atoms with Crippen LogP contribution in [-0.4, -0.2) is 35.7 Å². The van der Waals surface area contributed by atoms with E-state index < -0.39 is 0 Å². The third-order valence-electron chi connectivity index (χ3n) is 4.13. The fourth-order valence-electron chi connectivity index (χ4n) is 2.90. The van der Waals surface area contributed by atoms with Crippen LogP contribution in [0.15, 0.2) is 30.3 Å². The van der Waals surface area contributed by atoms with Crippen molar-refractivity contribution in [2.24, 2.45) is 5.84 Å². The molecule has 0 aliphatic carbocycles. The molecule has 0 saturated carbocycles. The molecule has 0 radical (unpaired) electrons. The van der Waals surface area contributed by atoms with Gasteiger partial charge in [-0.2, -0.15) is 0 Å². The molecule has 1 atom stereocenters. The van der Waals surface area contributed by atoms with E-state index in [4.69, 9.17) is 10.6 Å². The van der Waals surface area contributed by atoms with Crippen LogP contribution < -0.4 is 11.3 Å². The molecule has 1 fully saturated rings. The first-order chi connectivity index (χ1) is 10.3. The number of para-hydroxylation sites is 1. The fraction of sp³-hybridized carbons (Fsp3) is 0.438. The summed E-state index contributed by atoms with van der Waals surface area (Å²) < 4.78 is 5.57. The number of benzene rings is 1. The Balaban J connectivity index is 1.91. The number of fused-ring (bicyclic) bond motifs is 1. The smallest absolute Gasteiger partial charge is 0.145 e. The Labute approximate surface area is 125 Å². The minimum Gasteiger partial charge on any atom is -0.378 e. The molecule has 21 heavy (non-hydrogen) atoms. The molecule has 1 saturated heterocycles. The van der Waals surface area contributed by atoms with E-state index in [2.05, 4.69) is 34.4 Å². The average Bonchev–Trinajstić information content (AvgIpc) is 2.54. The summed E-state index contributed by atoms with van der Waals surface area (Å²) in [5, 5.41) is 1.15. The van der Waals surface area contributed by atoms with E-state index in [1.165, 1.54) is 0 Å². The largest absolute Gasteiger partial charge is 0.378 e. The van der Waals surface area contributed by atoms with Crippen molar-refractivity contribution < 1.29 is 4.74 Å². The number of nitrogen functional groups attached to an aromatic ring is 1. The second-order valence-electron chi connectivity index (χ2n) is 5.44. The number of nitrogens with one attached hydrogen (secondary N) is 1. The van der Waals surface area contributed by atoms with Crippen molar-refractivity contribution >= 4 is 16.7 Å². The van der Waals surface area contributed by atoms with E-state index in [1.54, 1.807) is 0 Å². The lowest BCUT2D eigenvalue weighted by Gasteiger charge is -2.35. The van der Waals surface area contributed by atoms with Crippen molar-refractivity contribution in [3.63, 3.8) is 0 Å². The number of hydrogen-bond donors (Lipinski definition) is 2. The number of rotatable bonds is 4. The highest BCUT2D eigenvalue weighted by molar-refractivity contribution is 5.81. The van der Waals surface area contributed by atoms with Crippen LogP contribution in [0.2, 0.25) is 0 Å². The minimum atomic E-state index is 0.468. The third-order valence-corrected chi connectivity index (χ3v) is 4.13. The van der Waals surface area contributed by atoms with Gasteiger partial charge in [-0.05, 0) is 18.6 Å². The van der Waals surface area contributed by atoms with E-state index in [9.17, 15) is 0 Å². The second-order valence-corrected chi connectivity index (χ2v) is 5.44. The first kappa shape index (κ1) is 14.3. The molecule has 3 rings (SSSR count). The number of nitrogens with zero attached hydrogens (tertiary/aromatic N) is 2. The molecule has 2 heterocycles. The van der Waals surface area contributed by atoms with Crippen molar-refractivity contribution in [3.8, 4) is 0 Å². The first-order valence-corrected chi connectivity index (χ1v) is 7.49. The van der Waals surface area contributed by atoms with Crippen LogP contribution in [0.4, 0.5) is 5.82 Å². The molecule has 1 aliphatic rings. The van der Waals surface area contributed by atoms with E-state index in [0.717, 1.165) is 55.0 Å². The molecule has 0 bridgehead atoms. The molecule has 1 aliphatic heterocycles. The summed E-state index contributed by atoms with van der Waals surface area (Å²) in [5.41, 5.74) is 4.84. The normalized spacial score (nSPS) is 19.8. The lowest BCUT2D eigenvalue weighted by Crippen LogP contribution is -2.44. The van der Waals surface area contributed by atoms with Gasteiger partial charge in [0, 0.05) is 30.1 Å². The summed E-state index contributed by atoms with van der Waals surface area (Å²) >= 11 is 0. The van der Waals surface area contributed by atoms with Crippen molar-refractivity contribution in [3.05, 3.63) is 35.9 Å². The highest BCUT2D eigenvalue weighted by atomic mass is 16.5. The topological polar surface area (TPSA) is 63.4 Å². The van der Waals surface area contributed by atoms with Gasteiger partial charge in [0.1, 0.15) is 5.82 Å². The molecule has 1 aromatic heterocycles. The standard InChI is InChI=1S/C16H22N4O/c1-2-14-11-21-8-7-20(14)10-13-9-12-5-3-4-6-15(12)18-16(13)19-17/h3-6,9,14H,2,7-8,10-11,17H2,1H3,(H,18,19). The van der Waals surface area contributed by atoms with Crippen LogP contribution in [0.5, 0.6) is 0 Å². The highest BCUT2D eigenvalue weighted by Crippen LogP contribution is 2.23. The minimum absolute atomic E-state index is 0.468. The van der Waals surface area contributed by atoms with Gasteiger partial charge in [0.25, 0.3) is 0 Å². The number of ether oxygens (including phenoxy) is 1. The summed E-state index contributed by atoms with van der Waals surface area (Å²) in [7, 11) is 0. The van der Waals surface area contributed by atoms with Gasteiger partial charge in [-0.15, -0.1) is 0 Å². The van der Waals surface area contributed by atoms with Crippen molar-refractivity contribution in [1.29, 1.82) is 0 Å². The van der Waals surface area contributed by atoms with Crippen LogP contribution in [0.1, 0.15) is 18.9 Å². The van der Waals surface area contributed by atoms with Gasteiger partial charge < -0.3 is 10.2 Å². The number of hydrazine groups is 1. The average molecular weight is 286 g/mol. The summed E-state index contributed by atoms with van der Waals surface area (Å²) in [6.45, 7) is 5.60. The van der Waals surface area contributed by atoms with Crippen molar-refractivity contribution in [1.82, 2.24) is 9.88 Å². The van der Waals surface area contributed by atoms with Gasteiger partial charge in [-0.3, -0.25) is 4.90 Å². The van der Waals surface area contributed by atoms with E-state index in [0.29, 0.717) is 6.04 Å². The predicted molar refractivity (Wildman–Crippen MR) is 84.9 cm³/mol. The van der Waals surface area contributed by atoms with Crippen LogP contribution in [0.25, 0.3) is 10.9 Å². The molecule has 2 aromatic rings. The SMILES string of the molecule is CCC1COCCN1Cc1cc2ccccc2nc1NN. The number of aromatic nitrogens is 1. The maximum absolute atomic E-state index is 5.66. The maximum Gasteiger partial charge on any atom is 0.145 e. The molecule has 1 aromatic carbocycles. The van der Waals surface area contributed by atoms with Gasteiger partial charge in [0.15, 0.2) is 0 Å². The first-order valence-electron chi connectivity index (χ1n) is 7.49. The molecular formula is C16H22N4O. The summed E-state index contributed by atoms with van der Waals surface area (Å²) in [4.78, 5) is 7.07. The van der Waals surface area contributed by atoms with Gasteiger partial charge in [-0.1, -0.05) is 25.1 Å². The summed E-state index contributed by atoms with van der Waals surface area (Å²) in [6, 6.07) is 10.8. The van der Waals surface area contributed by atoms with Crippen molar-refractivity contribution in [2.45, 2.75) is 25.9 Å². The Hall–Kier alpha value is -1.69. The Kier molecular flexibility index (Phi) is 4.34. The number of hydrogen-bond acceptors (Lipinski definition) is 5. The zero-order chi connectivity index (χ0) is 14.7. The molecular weight excluding hydrogens is 264 g/mol. The molecule has 0 amide bonds. The zero-order valence-electron chi connectivity index (χ0n) is 12.4. The molecule has 112 valence electrons. The van der Waals surface area contributed by atoms with Gasteiger partial charge in [0.2, 0.25) is 0 Å². The predicted octanol–water partition coefficient (Wildman–Crippen LogP) is 2.13. The number of morpholine rings is 1. The second kappa shape index (κ2) is 6.39. The van der Waals surface area contributed by atoms with Crippen LogP contribution in [-0.2, 0) is 11.3 Å². The number of anilines is 1. The lowest BCUT2D eigenvalue weighted by molar-refractivity contribution is -0.0126. The van der Waals surface area contributed by atoms with Gasteiger partial charge in [0.05, 0.1) is 18.7 Å². The zero-order valence-corrected chi connectivity index (χ0v) is 12.4. The maximum atomic E-state index is 5.66. The van der Waals surface area contributed by atoms with E-state index >= 15 is 0 Å². The molecule has 5 nitrogen and oxygen atoms in total. The Bertz CT molecular complexity index is 616.